The zero-order chi connectivity index (χ0) is 22.9. The van der Waals surface area contributed by atoms with Crippen LogP contribution in [0.3, 0.4) is 0 Å². The predicted octanol–water partition coefficient (Wildman–Crippen LogP) is 3.61. The Labute approximate surface area is 183 Å². The number of hydrogen-bond acceptors (Lipinski definition) is 10. The largest absolute Gasteiger partial charge is 0.395 e. The zero-order valence-corrected chi connectivity index (χ0v) is 16.9. The molecule has 0 amide bonds. The normalized spacial score (nSPS) is 10.8. The van der Waals surface area contributed by atoms with Gasteiger partial charge in [-0.3, -0.25) is 0 Å². The van der Waals surface area contributed by atoms with Crippen LogP contribution in [-0.4, -0.2) is 41.8 Å². The summed E-state index contributed by atoms with van der Waals surface area (Å²) in [7, 11) is 0. The van der Waals surface area contributed by atoms with Gasteiger partial charge in [0.25, 0.3) is 0 Å². The van der Waals surface area contributed by atoms with Crippen LogP contribution in [0.15, 0.2) is 58.8 Å². The van der Waals surface area contributed by atoms with E-state index in [-0.39, 0.29) is 35.7 Å². The lowest BCUT2D eigenvalue weighted by atomic mass is 10.1. The third kappa shape index (κ3) is 4.81. The van der Waals surface area contributed by atoms with E-state index in [1.165, 1.54) is 12.1 Å². The Bertz CT molecular complexity index is 1170. The van der Waals surface area contributed by atoms with E-state index in [4.69, 9.17) is 5.26 Å². The molecular weight excluding hydrogens is 412 g/mol. The first-order valence-corrected chi connectivity index (χ1v) is 9.61. The summed E-state index contributed by atoms with van der Waals surface area (Å²) in [5, 5.41) is 56.3. The second kappa shape index (κ2) is 10.8. The molecule has 0 atom stereocenters. The Morgan fingerprint density at radius 2 is 1.53 bits per heavy atom. The van der Waals surface area contributed by atoms with Gasteiger partial charge in [-0.15, -0.1) is 15.2 Å². The number of benzene rings is 3. The number of aliphatic hydroxyl groups excluding tert-OH is 2. The van der Waals surface area contributed by atoms with Crippen molar-refractivity contribution in [1.29, 1.82) is 10.5 Å². The van der Waals surface area contributed by atoms with Gasteiger partial charge < -0.3 is 15.1 Å². The predicted molar refractivity (Wildman–Crippen MR) is 118 cm³/mol. The van der Waals surface area contributed by atoms with Crippen molar-refractivity contribution in [3.05, 3.63) is 59.7 Å². The Kier molecular flexibility index (Phi) is 7.65. The highest BCUT2D eigenvalue weighted by Gasteiger charge is 2.14. The van der Waals surface area contributed by atoms with Crippen LogP contribution in [0, 0.1) is 22.7 Å². The average molecular weight is 432 g/mol. The Balaban J connectivity index is 2.09. The Hall–Kier alpha value is -4.06. The van der Waals surface area contributed by atoms with E-state index in [1.807, 2.05) is 47.4 Å². The highest BCUT2D eigenvalue weighted by Crippen LogP contribution is 2.36. The summed E-state index contributed by atoms with van der Waals surface area (Å²) in [6.45, 7) is 0.604. The lowest BCUT2D eigenvalue weighted by molar-refractivity contribution is -0.215. The fraction of sp³-hybridized carbons (Fsp3) is 0.182. The summed E-state index contributed by atoms with van der Waals surface area (Å²) in [5.41, 5.74) is 3.96. The molecule has 10 heteroatoms. The molecule has 0 unspecified atom stereocenters. The van der Waals surface area contributed by atoms with Crippen LogP contribution in [0.4, 0.5) is 22.7 Å². The van der Waals surface area contributed by atoms with Crippen LogP contribution in [0.5, 0.6) is 0 Å². The van der Waals surface area contributed by atoms with Crippen molar-refractivity contribution in [3.8, 4) is 12.1 Å². The number of nitriles is 2. The van der Waals surface area contributed by atoms with Crippen LogP contribution in [-0.2, 0) is 4.99 Å². The first-order chi connectivity index (χ1) is 15.7. The molecule has 162 valence electrons. The topological polar surface area (TPSA) is 157 Å². The third-order valence-corrected chi connectivity index (χ3v) is 4.73. The molecule has 0 bridgehead atoms. The monoisotopic (exact) mass is 432 g/mol. The summed E-state index contributed by atoms with van der Waals surface area (Å²) in [4.78, 5) is 5.73. The van der Waals surface area contributed by atoms with E-state index < -0.39 is 0 Å². The molecule has 3 rings (SSSR count). The van der Waals surface area contributed by atoms with E-state index in [2.05, 4.69) is 20.7 Å². The van der Waals surface area contributed by atoms with Gasteiger partial charge in [-0.25, -0.2) is 10.7 Å². The number of rotatable bonds is 9. The van der Waals surface area contributed by atoms with Gasteiger partial charge in [-0.05, 0) is 24.3 Å². The number of aliphatic hydroxyl groups is 2. The van der Waals surface area contributed by atoms with Crippen LogP contribution < -0.4 is 10.4 Å². The van der Waals surface area contributed by atoms with Gasteiger partial charge in [0.1, 0.15) is 17.8 Å². The summed E-state index contributed by atoms with van der Waals surface area (Å²) in [6.07, 6.45) is 0. The summed E-state index contributed by atoms with van der Waals surface area (Å²) < 4.78 is 0. The molecule has 10 nitrogen and oxygen atoms in total. The molecular formula is C22H20N6O4. The molecule has 0 aliphatic rings. The number of anilines is 2. The minimum atomic E-state index is -0.0597. The maximum Gasteiger partial charge on any atom is 0.121 e. The summed E-state index contributed by atoms with van der Waals surface area (Å²) in [5.74, 6) is 0. The average Bonchev–Trinajstić information content (AvgIpc) is 2.82. The van der Waals surface area contributed by atoms with Gasteiger partial charge in [-0.2, -0.15) is 10.5 Å². The molecule has 4 N–H and O–H groups in total. The SMILES string of the molecule is N#Cc1cc(NOO)cc(C#N)c1N=Nc1ccc(N(CCO)CCO)c2ccccc12. The van der Waals surface area contributed by atoms with Crippen molar-refractivity contribution in [2.24, 2.45) is 10.2 Å². The van der Waals surface area contributed by atoms with Gasteiger partial charge in [0, 0.05) is 29.5 Å². The Morgan fingerprint density at radius 1 is 0.906 bits per heavy atom. The first kappa shape index (κ1) is 22.6. The van der Waals surface area contributed by atoms with Gasteiger partial charge in [0.2, 0.25) is 0 Å². The van der Waals surface area contributed by atoms with E-state index in [0.29, 0.717) is 18.8 Å². The van der Waals surface area contributed by atoms with E-state index in [1.54, 1.807) is 6.07 Å². The van der Waals surface area contributed by atoms with Crippen LogP contribution in [0.2, 0.25) is 0 Å². The Morgan fingerprint density at radius 3 is 2.09 bits per heavy atom. The second-order valence-electron chi connectivity index (χ2n) is 6.62. The first-order valence-electron chi connectivity index (χ1n) is 9.61. The molecule has 0 saturated carbocycles. The van der Waals surface area contributed by atoms with Gasteiger partial charge >= 0.3 is 0 Å². The molecule has 0 radical (unpaired) electrons. The highest BCUT2D eigenvalue weighted by atomic mass is 17.2. The molecule has 3 aromatic rings. The van der Waals surface area contributed by atoms with Gasteiger partial charge in [0.15, 0.2) is 0 Å². The standard InChI is InChI=1S/C22H20N6O4/c23-13-15-11-17(27-32-31)12-16(14-24)22(15)26-25-20-5-6-21(28(7-9-29)8-10-30)19-4-2-1-3-18(19)20/h1-6,11-12,27,29-31H,7-10H2. The number of azo groups is 1. The molecule has 0 heterocycles. The summed E-state index contributed by atoms with van der Waals surface area (Å²) >= 11 is 0. The second-order valence-corrected chi connectivity index (χ2v) is 6.62. The van der Waals surface area contributed by atoms with Crippen molar-refractivity contribution in [3.63, 3.8) is 0 Å². The smallest absolute Gasteiger partial charge is 0.121 e. The van der Waals surface area contributed by atoms with Crippen molar-refractivity contribution < 1.29 is 20.5 Å². The minimum absolute atomic E-state index is 0.0597. The molecule has 32 heavy (non-hydrogen) atoms. The quantitative estimate of drug-likeness (QED) is 0.227. The number of nitrogens with zero attached hydrogens (tertiary/aromatic N) is 5. The number of hydrogen-bond donors (Lipinski definition) is 4. The fourth-order valence-electron chi connectivity index (χ4n) is 3.35. The lowest BCUT2D eigenvalue weighted by Crippen LogP contribution is -2.29. The molecule has 0 saturated heterocycles. The molecule has 0 spiro atoms. The number of fused-ring (bicyclic) bond motifs is 1. The van der Waals surface area contributed by atoms with Crippen molar-refractivity contribution in [2.45, 2.75) is 0 Å². The van der Waals surface area contributed by atoms with Crippen molar-refractivity contribution in [2.75, 3.05) is 36.7 Å². The molecule has 0 aromatic heterocycles. The maximum absolute atomic E-state index is 9.46. The van der Waals surface area contributed by atoms with Gasteiger partial charge in [0.05, 0.1) is 35.7 Å². The van der Waals surface area contributed by atoms with E-state index in [0.717, 1.165) is 16.5 Å². The fourth-order valence-corrected chi connectivity index (χ4v) is 3.35. The van der Waals surface area contributed by atoms with E-state index in [9.17, 15) is 20.7 Å². The van der Waals surface area contributed by atoms with E-state index >= 15 is 0 Å². The zero-order valence-electron chi connectivity index (χ0n) is 16.9. The molecule has 3 aromatic carbocycles. The summed E-state index contributed by atoms with van der Waals surface area (Å²) in [6, 6.07) is 17.7. The minimum Gasteiger partial charge on any atom is -0.395 e. The molecule has 0 aliphatic heterocycles. The highest BCUT2D eigenvalue weighted by molar-refractivity contribution is 6.01. The molecule has 0 fully saturated rings. The lowest BCUT2D eigenvalue weighted by Gasteiger charge is -2.24. The maximum atomic E-state index is 9.46. The van der Waals surface area contributed by atoms with Crippen molar-refractivity contribution >= 4 is 33.5 Å². The van der Waals surface area contributed by atoms with Gasteiger partial charge in [-0.1, -0.05) is 24.3 Å². The molecule has 0 aliphatic carbocycles. The van der Waals surface area contributed by atoms with Crippen molar-refractivity contribution in [1.82, 2.24) is 0 Å². The van der Waals surface area contributed by atoms with Crippen LogP contribution >= 0.6 is 0 Å². The number of nitrogens with one attached hydrogen (secondary N) is 1. The third-order valence-electron chi connectivity index (χ3n) is 4.73. The van der Waals surface area contributed by atoms with Crippen LogP contribution in [0.1, 0.15) is 11.1 Å². The van der Waals surface area contributed by atoms with Crippen LogP contribution in [0.25, 0.3) is 10.8 Å².